The van der Waals surface area contributed by atoms with Crippen molar-refractivity contribution in [2.45, 2.75) is 64.6 Å². The van der Waals surface area contributed by atoms with Crippen LogP contribution in [-0.4, -0.2) is 43.8 Å². The van der Waals surface area contributed by atoms with Crippen molar-refractivity contribution < 1.29 is 18.0 Å². The van der Waals surface area contributed by atoms with Gasteiger partial charge < -0.3 is 10.2 Å². The minimum atomic E-state index is -4.14. The second-order valence-electron chi connectivity index (χ2n) is 9.97. The monoisotopic (exact) mass is 603 g/mol. The van der Waals surface area contributed by atoms with E-state index in [0.717, 1.165) is 15.4 Å². The van der Waals surface area contributed by atoms with Gasteiger partial charge in [0, 0.05) is 28.2 Å². The number of halogens is 2. The predicted molar refractivity (Wildman–Crippen MR) is 161 cm³/mol. The van der Waals surface area contributed by atoms with Gasteiger partial charge in [-0.1, -0.05) is 66.0 Å². The molecule has 1 N–H and O–H groups in total. The van der Waals surface area contributed by atoms with E-state index < -0.39 is 28.5 Å². The lowest BCUT2D eigenvalue weighted by Crippen LogP contribution is -2.53. The predicted octanol–water partition coefficient (Wildman–Crippen LogP) is 6.14. The molecule has 214 valence electrons. The van der Waals surface area contributed by atoms with Gasteiger partial charge in [-0.3, -0.25) is 13.9 Å². The molecule has 0 radical (unpaired) electrons. The molecule has 0 spiro atoms. The van der Waals surface area contributed by atoms with E-state index in [1.54, 1.807) is 55.5 Å². The van der Waals surface area contributed by atoms with Crippen molar-refractivity contribution >= 4 is 50.7 Å². The fraction of sp³-hybridized carbons (Fsp3) is 0.333. The van der Waals surface area contributed by atoms with Crippen molar-refractivity contribution in [1.82, 2.24) is 10.2 Å². The van der Waals surface area contributed by atoms with Crippen LogP contribution in [0.3, 0.4) is 0 Å². The molecule has 0 aliphatic rings. The zero-order valence-corrected chi connectivity index (χ0v) is 25.6. The average Bonchev–Trinajstić information content (AvgIpc) is 2.88. The second kappa shape index (κ2) is 13.5. The van der Waals surface area contributed by atoms with Crippen LogP contribution in [0.4, 0.5) is 5.69 Å². The van der Waals surface area contributed by atoms with E-state index in [0.29, 0.717) is 27.7 Å². The van der Waals surface area contributed by atoms with Crippen LogP contribution < -0.4 is 9.62 Å². The van der Waals surface area contributed by atoms with Crippen molar-refractivity contribution in [1.29, 1.82) is 0 Å². The molecule has 3 aromatic rings. The summed E-state index contributed by atoms with van der Waals surface area (Å²) in [6.45, 7) is 8.55. The Morgan fingerprint density at radius 2 is 1.50 bits per heavy atom. The summed E-state index contributed by atoms with van der Waals surface area (Å²) in [6, 6.07) is 17.3. The summed E-state index contributed by atoms with van der Waals surface area (Å²) >= 11 is 12.9. The fourth-order valence-corrected chi connectivity index (χ4v) is 6.23. The molecule has 0 saturated heterocycles. The molecule has 7 nitrogen and oxygen atoms in total. The highest BCUT2D eigenvalue weighted by atomic mass is 35.5. The summed E-state index contributed by atoms with van der Waals surface area (Å²) in [7, 11) is -4.14. The average molecular weight is 605 g/mol. The molecule has 10 heteroatoms. The normalized spacial score (nSPS) is 12.2. The first-order chi connectivity index (χ1) is 18.8. The zero-order valence-electron chi connectivity index (χ0n) is 23.3. The molecular formula is C30H35Cl2N3O4S. The van der Waals surface area contributed by atoms with Crippen LogP contribution in [0.2, 0.25) is 10.0 Å². The van der Waals surface area contributed by atoms with Gasteiger partial charge in [0.2, 0.25) is 11.8 Å². The number of nitrogens with one attached hydrogen (secondary N) is 1. The SMILES string of the molecule is CCC(C(=O)NC(C)C)N(Cc1c(Cl)cccc1Cl)C(=O)CN(c1cccc(C)c1)S(=O)(=O)c1ccc(C)cc1. The first kappa shape index (κ1) is 31.5. The Morgan fingerprint density at radius 3 is 2.05 bits per heavy atom. The molecule has 0 aliphatic carbocycles. The Morgan fingerprint density at radius 1 is 0.900 bits per heavy atom. The van der Waals surface area contributed by atoms with Crippen LogP contribution in [0.15, 0.2) is 71.6 Å². The first-order valence-electron chi connectivity index (χ1n) is 13.0. The number of carbonyl (C=O) groups excluding carboxylic acids is 2. The molecule has 3 aromatic carbocycles. The Balaban J connectivity index is 2.11. The second-order valence-corrected chi connectivity index (χ2v) is 12.6. The number of carbonyl (C=O) groups is 2. The molecule has 0 fully saturated rings. The number of amides is 2. The molecule has 2 amide bonds. The van der Waals surface area contributed by atoms with E-state index >= 15 is 0 Å². The van der Waals surface area contributed by atoms with Gasteiger partial charge in [0.25, 0.3) is 10.0 Å². The lowest BCUT2D eigenvalue weighted by molar-refractivity contribution is -0.140. The van der Waals surface area contributed by atoms with Crippen molar-refractivity contribution in [3.63, 3.8) is 0 Å². The highest BCUT2D eigenvalue weighted by molar-refractivity contribution is 7.92. The third kappa shape index (κ3) is 7.56. The number of hydrogen-bond acceptors (Lipinski definition) is 4. The number of rotatable bonds is 11. The zero-order chi connectivity index (χ0) is 29.6. The molecule has 0 aliphatic heterocycles. The molecule has 3 rings (SSSR count). The van der Waals surface area contributed by atoms with Gasteiger partial charge in [-0.15, -0.1) is 0 Å². The Bertz CT molecular complexity index is 1440. The van der Waals surface area contributed by atoms with Crippen molar-refractivity contribution in [2.24, 2.45) is 0 Å². The van der Waals surface area contributed by atoms with Crippen LogP contribution in [0.25, 0.3) is 0 Å². The van der Waals surface area contributed by atoms with E-state index in [1.807, 2.05) is 33.8 Å². The molecule has 0 aromatic heterocycles. The lowest BCUT2D eigenvalue weighted by atomic mass is 10.1. The maximum absolute atomic E-state index is 14.1. The van der Waals surface area contributed by atoms with E-state index in [9.17, 15) is 18.0 Å². The van der Waals surface area contributed by atoms with Gasteiger partial charge in [-0.25, -0.2) is 8.42 Å². The summed E-state index contributed by atoms with van der Waals surface area (Å²) in [5, 5.41) is 3.55. The van der Waals surface area contributed by atoms with E-state index in [-0.39, 0.29) is 23.4 Å². The van der Waals surface area contributed by atoms with Gasteiger partial charge in [-0.05, 0) is 76.1 Å². The Hall–Kier alpha value is -3.07. The Labute approximate surface area is 247 Å². The van der Waals surface area contributed by atoms with E-state index in [2.05, 4.69) is 5.32 Å². The smallest absolute Gasteiger partial charge is 0.264 e. The molecule has 1 unspecified atom stereocenters. The highest BCUT2D eigenvalue weighted by Crippen LogP contribution is 2.29. The summed E-state index contributed by atoms with van der Waals surface area (Å²) in [5.41, 5.74) is 2.54. The third-order valence-corrected chi connectivity index (χ3v) is 8.88. The van der Waals surface area contributed by atoms with E-state index in [4.69, 9.17) is 23.2 Å². The van der Waals surface area contributed by atoms with Gasteiger partial charge in [0.05, 0.1) is 10.6 Å². The quantitative estimate of drug-likeness (QED) is 0.285. The lowest BCUT2D eigenvalue weighted by Gasteiger charge is -2.34. The van der Waals surface area contributed by atoms with Crippen LogP contribution >= 0.6 is 23.2 Å². The minimum absolute atomic E-state index is 0.0534. The van der Waals surface area contributed by atoms with Crippen LogP contribution in [-0.2, 0) is 26.2 Å². The molecule has 1 atom stereocenters. The fourth-order valence-electron chi connectivity index (χ4n) is 4.30. The van der Waals surface area contributed by atoms with E-state index in [1.165, 1.54) is 17.0 Å². The summed E-state index contributed by atoms with van der Waals surface area (Å²) in [4.78, 5) is 28.8. The molecule has 0 saturated carbocycles. The largest absolute Gasteiger partial charge is 0.352 e. The standard InChI is InChI=1S/C30H35Cl2N3O4S/c1-6-28(30(37)33-20(2)3)34(18-25-26(31)11-8-12-27(25)32)29(36)19-35(23-10-7-9-22(5)17-23)40(38,39)24-15-13-21(4)14-16-24/h7-17,20,28H,6,18-19H2,1-5H3,(H,33,37). The number of nitrogens with zero attached hydrogens (tertiary/aromatic N) is 2. The van der Waals surface area contributed by atoms with Gasteiger partial charge in [0.1, 0.15) is 12.6 Å². The number of hydrogen-bond donors (Lipinski definition) is 1. The van der Waals surface area contributed by atoms with Gasteiger partial charge in [-0.2, -0.15) is 0 Å². The maximum Gasteiger partial charge on any atom is 0.264 e. The van der Waals surface area contributed by atoms with Crippen LogP contribution in [0.5, 0.6) is 0 Å². The molecular weight excluding hydrogens is 569 g/mol. The van der Waals surface area contributed by atoms with Crippen molar-refractivity contribution in [2.75, 3.05) is 10.8 Å². The summed E-state index contributed by atoms with van der Waals surface area (Å²) in [6.07, 6.45) is 0.293. The van der Waals surface area contributed by atoms with Gasteiger partial charge in [0.15, 0.2) is 0 Å². The first-order valence-corrected chi connectivity index (χ1v) is 15.2. The maximum atomic E-state index is 14.1. The number of anilines is 1. The molecule has 0 heterocycles. The number of sulfonamides is 1. The highest BCUT2D eigenvalue weighted by Gasteiger charge is 2.34. The van der Waals surface area contributed by atoms with Gasteiger partial charge >= 0.3 is 0 Å². The Kier molecular flexibility index (Phi) is 10.6. The third-order valence-electron chi connectivity index (χ3n) is 6.38. The van der Waals surface area contributed by atoms with Crippen LogP contribution in [0.1, 0.15) is 43.9 Å². The minimum Gasteiger partial charge on any atom is -0.352 e. The van der Waals surface area contributed by atoms with Crippen molar-refractivity contribution in [3.05, 3.63) is 93.5 Å². The van der Waals surface area contributed by atoms with Crippen LogP contribution in [0, 0.1) is 13.8 Å². The molecule has 0 bridgehead atoms. The summed E-state index contributed by atoms with van der Waals surface area (Å²) in [5.74, 6) is -0.920. The van der Waals surface area contributed by atoms with Crippen molar-refractivity contribution in [3.8, 4) is 0 Å². The number of aryl methyl sites for hydroxylation is 2. The topological polar surface area (TPSA) is 86.8 Å². The number of benzene rings is 3. The summed E-state index contributed by atoms with van der Waals surface area (Å²) < 4.78 is 28.9. The molecule has 40 heavy (non-hydrogen) atoms.